The van der Waals surface area contributed by atoms with Crippen LogP contribution in [-0.2, 0) is 16.0 Å². The molecule has 0 atom stereocenters. The van der Waals surface area contributed by atoms with Crippen molar-refractivity contribution in [2.45, 2.75) is 6.42 Å². The number of esters is 1. The van der Waals surface area contributed by atoms with Gasteiger partial charge in [0, 0.05) is 23.7 Å². The molecule has 0 aliphatic heterocycles. The molecule has 1 N–H and O–H groups in total. The summed E-state index contributed by atoms with van der Waals surface area (Å²) in [6.45, 7) is -0.0725. The Kier molecular flexibility index (Phi) is 6.47. The molecule has 2 rings (SSSR count). The van der Waals surface area contributed by atoms with E-state index in [1.54, 1.807) is 12.1 Å². The van der Waals surface area contributed by atoms with Gasteiger partial charge in [0.1, 0.15) is 0 Å². The van der Waals surface area contributed by atoms with Crippen molar-refractivity contribution < 1.29 is 19.2 Å². The number of nitro benzene ring substituents is 1. The normalized spacial score (nSPS) is 10.1. The average Bonchev–Trinajstić information content (AvgIpc) is 2.61. The maximum Gasteiger partial charge on any atom is 0.338 e. The number of nitro groups is 1. The van der Waals surface area contributed by atoms with Gasteiger partial charge in [-0.15, -0.1) is 0 Å². The van der Waals surface area contributed by atoms with Crippen LogP contribution in [0.25, 0.3) is 0 Å². The first kappa shape index (κ1) is 18.4. The van der Waals surface area contributed by atoms with Crippen LogP contribution in [0.5, 0.6) is 0 Å². The lowest BCUT2D eigenvalue weighted by Gasteiger charge is -2.07. The molecule has 0 spiro atoms. The summed E-state index contributed by atoms with van der Waals surface area (Å²) in [7, 11) is 0. The lowest BCUT2D eigenvalue weighted by atomic mass is 10.1. The zero-order chi connectivity index (χ0) is 18.2. The molecule has 1 amide bonds. The summed E-state index contributed by atoms with van der Waals surface area (Å²) >= 11 is 5.79. The molecule has 2 aromatic carbocycles. The molecule has 0 unspecified atom stereocenters. The summed E-state index contributed by atoms with van der Waals surface area (Å²) < 4.78 is 4.85. The van der Waals surface area contributed by atoms with Gasteiger partial charge in [0.2, 0.25) is 0 Å². The van der Waals surface area contributed by atoms with Gasteiger partial charge in [0.15, 0.2) is 6.61 Å². The molecular weight excluding hydrogens is 348 g/mol. The zero-order valence-electron chi connectivity index (χ0n) is 13.1. The molecular formula is C17H15ClN2O5. The molecule has 8 heteroatoms. The first-order chi connectivity index (χ1) is 12.0. The second kappa shape index (κ2) is 8.79. The summed E-state index contributed by atoms with van der Waals surface area (Å²) in [6, 6.07) is 12.4. The van der Waals surface area contributed by atoms with Crippen molar-refractivity contribution in [3.8, 4) is 0 Å². The van der Waals surface area contributed by atoms with Crippen molar-refractivity contribution in [3.05, 3.63) is 74.8 Å². The van der Waals surface area contributed by atoms with Gasteiger partial charge in [-0.25, -0.2) is 4.79 Å². The minimum atomic E-state index is -0.795. The fourth-order valence-electron chi connectivity index (χ4n) is 2.01. The molecule has 0 aliphatic carbocycles. The SMILES string of the molecule is O=C(COC(=O)c1cccc([N+](=O)[O-])c1)NCCc1ccc(Cl)cc1. The Labute approximate surface area is 148 Å². The topological polar surface area (TPSA) is 98.5 Å². The van der Waals surface area contributed by atoms with E-state index >= 15 is 0 Å². The number of rotatable bonds is 7. The summed E-state index contributed by atoms with van der Waals surface area (Å²) in [4.78, 5) is 33.6. The lowest BCUT2D eigenvalue weighted by Crippen LogP contribution is -2.30. The minimum absolute atomic E-state index is 0.0168. The summed E-state index contributed by atoms with van der Waals surface area (Å²) in [5.74, 6) is -1.25. The van der Waals surface area contributed by atoms with Gasteiger partial charge in [0.05, 0.1) is 10.5 Å². The average molecular weight is 363 g/mol. The molecule has 0 saturated heterocycles. The Morgan fingerprint density at radius 2 is 1.88 bits per heavy atom. The quantitative estimate of drug-likeness (QED) is 0.464. The van der Waals surface area contributed by atoms with E-state index in [4.69, 9.17) is 16.3 Å². The molecule has 0 fully saturated rings. The molecule has 0 heterocycles. The summed E-state index contributed by atoms with van der Waals surface area (Å²) in [5.41, 5.74) is 0.809. The van der Waals surface area contributed by atoms with E-state index < -0.39 is 23.4 Å². The van der Waals surface area contributed by atoms with Crippen molar-refractivity contribution in [1.82, 2.24) is 5.32 Å². The van der Waals surface area contributed by atoms with Gasteiger partial charge >= 0.3 is 5.97 Å². The number of ether oxygens (including phenoxy) is 1. The maximum absolute atomic E-state index is 11.8. The highest BCUT2D eigenvalue weighted by molar-refractivity contribution is 6.30. The highest BCUT2D eigenvalue weighted by atomic mass is 35.5. The second-order valence-corrected chi connectivity index (χ2v) is 5.55. The number of benzene rings is 2. The third-order valence-corrected chi connectivity index (χ3v) is 3.53. The Morgan fingerprint density at radius 1 is 1.16 bits per heavy atom. The third kappa shape index (κ3) is 5.89. The molecule has 0 aromatic heterocycles. The molecule has 0 aliphatic rings. The van der Waals surface area contributed by atoms with E-state index in [9.17, 15) is 19.7 Å². The first-order valence-corrected chi connectivity index (χ1v) is 7.76. The molecule has 0 saturated carbocycles. The van der Waals surface area contributed by atoms with Crippen LogP contribution in [0.15, 0.2) is 48.5 Å². The Balaban J connectivity index is 1.75. The van der Waals surface area contributed by atoms with E-state index in [0.29, 0.717) is 18.0 Å². The number of non-ortho nitro benzene ring substituents is 1. The van der Waals surface area contributed by atoms with Gasteiger partial charge in [0.25, 0.3) is 11.6 Å². The van der Waals surface area contributed by atoms with Crippen molar-refractivity contribution in [3.63, 3.8) is 0 Å². The van der Waals surface area contributed by atoms with E-state index in [2.05, 4.69) is 5.32 Å². The fourth-order valence-corrected chi connectivity index (χ4v) is 2.14. The Bertz CT molecular complexity index is 777. The molecule has 2 aromatic rings. The van der Waals surface area contributed by atoms with E-state index in [-0.39, 0.29) is 11.3 Å². The summed E-state index contributed by atoms with van der Waals surface area (Å²) in [5, 5.41) is 13.9. The van der Waals surface area contributed by atoms with Crippen molar-refractivity contribution in [1.29, 1.82) is 0 Å². The van der Waals surface area contributed by atoms with Crippen molar-refractivity contribution in [2.24, 2.45) is 0 Å². The van der Waals surface area contributed by atoms with Gasteiger partial charge in [-0.2, -0.15) is 0 Å². The number of halogens is 1. The van der Waals surface area contributed by atoms with Crippen molar-refractivity contribution in [2.75, 3.05) is 13.2 Å². The number of nitrogens with one attached hydrogen (secondary N) is 1. The Hall–Kier alpha value is -2.93. The minimum Gasteiger partial charge on any atom is -0.452 e. The number of carbonyl (C=O) groups is 2. The lowest BCUT2D eigenvalue weighted by molar-refractivity contribution is -0.384. The van der Waals surface area contributed by atoms with Crippen LogP contribution in [0.2, 0.25) is 5.02 Å². The number of nitrogens with zero attached hydrogens (tertiary/aromatic N) is 1. The fraction of sp³-hybridized carbons (Fsp3) is 0.176. The van der Waals surface area contributed by atoms with Crippen LogP contribution in [0, 0.1) is 10.1 Å². The van der Waals surface area contributed by atoms with Gasteiger partial charge in [-0.1, -0.05) is 29.8 Å². The second-order valence-electron chi connectivity index (χ2n) is 5.11. The molecule has 130 valence electrons. The number of amides is 1. The van der Waals surface area contributed by atoms with Crippen LogP contribution in [0.1, 0.15) is 15.9 Å². The number of hydrogen-bond donors (Lipinski definition) is 1. The molecule has 7 nitrogen and oxygen atoms in total. The highest BCUT2D eigenvalue weighted by Gasteiger charge is 2.14. The van der Waals surface area contributed by atoms with Crippen molar-refractivity contribution >= 4 is 29.2 Å². The predicted octanol–water partition coefficient (Wildman–Crippen LogP) is 2.76. The number of hydrogen-bond acceptors (Lipinski definition) is 5. The first-order valence-electron chi connectivity index (χ1n) is 7.38. The van der Waals surface area contributed by atoms with E-state index in [1.165, 1.54) is 18.2 Å². The third-order valence-electron chi connectivity index (χ3n) is 3.28. The monoisotopic (exact) mass is 362 g/mol. The van der Waals surface area contributed by atoms with Gasteiger partial charge in [-0.3, -0.25) is 14.9 Å². The molecule has 25 heavy (non-hydrogen) atoms. The Morgan fingerprint density at radius 3 is 2.56 bits per heavy atom. The van der Waals surface area contributed by atoms with Crippen LogP contribution < -0.4 is 5.32 Å². The van der Waals surface area contributed by atoms with Crippen LogP contribution in [-0.4, -0.2) is 30.0 Å². The number of carbonyl (C=O) groups excluding carboxylic acids is 2. The van der Waals surface area contributed by atoms with Gasteiger partial charge in [-0.05, 0) is 30.2 Å². The standard InChI is InChI=1S/C17H15ClN2O5/c18-14-6-4-12(5-7-14)8-9-19-16(21)11-25-17(22)13-2-1-3-15(10-13)20(23)24/h1-7,10H,8-9,11H2,(H,19,21). The van der Waals surface area contributed by atoms with Gasteiger partial charge < -0.3 is 10.1 Å². The largest absolute Gasteiger partial charge is 0.452 e. The van der Waals surface area contributed by atoms with Crippen LogP contribution in [0.4, 0.5) is 5.69 Å². The molecule has 0 radical (unpaired) electrons. The van der Waals surface area contributed by atoms with E-state index in [1.807, 2.05) is 12.1 Å². The summed E-state index contributed by atoms with van der Waals surface area (Å²) in [6.07, 6.45) is 0.613. The van der Waals surface area contributed by atoms with Crippen LogP contribution in [0.3, 0.4) is 0 Å². The predicted molar refractivity (Wildman–Crippen MR) is 91.5 cm³/mol. The van der Waals surface area contributed by atoms with Crippen LogP contribution >= 0.6 is 11.6 Å². The highest BCUT2D eigenvalue weighted by Crippen LogP contribution is 2.13. The maximum atomic E-state index is 11.8. The smallest absolute Gasteiger partial charge is 0.338 e. The molecule has 0 bridgehead atoms. The van der Waals surface area contributed by atoms with E-state index in [0.717, 1.165) is 11.6 Å². The zero-order valence-corrected chi connectivity index (χ0v) is 13.9.